The third-order valence-corrected chi connectivity index (χ3v) is 16.9. The van der Waals surface area contributed by atoms with Crippen LogP contribution in [0.25, 0.3) is 33.4 Å². The molecule has 6 aromatic carbocycles. The quantitative estimate of drug-likeness (QED) is 0.143. The van der Waals surface area contributed by atoms with Crippen molar-refractivity contribution in [1.29, 1.82) is 0 Å². The van der Waals surface area contributed by atoms with E-state index in [1.807, 2.05) is 36.4 Å². The first-order valence-electron chi connectivity index (χ1n) is 26.7. The summed E-state index contributed by atoms with van der Waals surface area (Å²) in [6.07, 6.45) is 34.1. The lowest BCUT2D eigenvalue weighted by Crippen LogP contribution is -2.14. The Hall–Kier alpha value is -4.85. The van der Waals surface area contributed by atoms with Gasteiger partial charge in [0.1, 0.15) is 11.5 Å². The highest BCUT2D eigenvalue weighted by atomic mass is 31.2. The molecule has 0 fully saturated rings. The third-order valence-electron chi connectivity index (χ3n) is 15.0. The molecular weight excluding hydrogens is 836 g/mol. The number of rotatable bonds is 8. The summed E-state index contributed by atoms with van der Waals surface area (Å²) in [5.74, 6) is 1.06. The van der Waals surface area contributed by atoms with Crippen LogP contribution in [0.15, 0.2) is 127 Å². The summed E-state index contributed by atoms with van der Waals surface area (Å²) >= 11 is 0. The number of fused-ring (bicyclic) bond motifs is 6. The highest BCUT2D eigenvalue weighted by molar-refractivity contribution is 7.63. The molecule has 0 saturated heterocycles. The van der Waals surface area contributed by atoms with Crippen molar-refractivity contribution in [3.05, 3.63) is 161 Å². The topological polar surface area (TPSA) is 35.5 Å². The van der Waals surface area contributed by atoms with Crippen LogP contribution < -0.4 is 14.4 Å². The van der Waals surface area contributed by atoms with E-state index >= 15 is 4.57 Å². The van der Waals surface area contributed by atoms with Crippen LogP contribution in [0.2, 0.25) is 0 Å². The molecule has 0 atom stereocenters. The molecule has 0 spiro atoms. The number of hydrogen-bond donors (Lipinski definition) is 0. The van der Waals surface area contributed by atoms with Crippen molar-refractivity contribution < 1.29 is 13.6 Å². The van der Waals surface area contributed by atoms with Gasteiger partial charge in [-0.1, -0.05) is 187 Å². The van der Waals surface area contributed by atoms with E-state index in [9.17, 15) is 0 Å². The lowest BCUT2D eigenvalue weighted by Gasteiger charge is -2.21. The second-order valence-electron chi connectivity index (χ2n) is 20.2. The molecule has 3 aliphatic carbocycles. The molecule has 0 radical (unpaired) electrons. The number of benzene rings is 6. The summed E-state index contributed by atoms with van der Waals surface area (Å²) in [4.78, 5) is 0. The Morgan fingerprint density at radius 1 is 0.284 bits per heavy atom. The summed E-state index contributed by atoms with van der Waals surface area (Å²) in [5.41, 5.74) is 15.9. The zero-order chi connectivity index (χ0) is 45.5. The molecule has 0 N–H and O–H groups in total. The molecule has 4 heteroatoms. The predicted octanol–water partition coefficient (Wildman–Crippen LogP) is 18.2. The van der Waals surface area contributed by atoms with E-state index in [0.717, 1.165) is 55.2 Å². The zero-order valence-corrected chi connectivity index (χ0v) is 41.3. The molecule has 0 unspecified atom stereocenters. The van der Waals surface area contributed by atoms with Crippen LogP contribution in [0, 0.1) is 0 Å². The van der Waals surface area contributed by atoms with Gasteiger partial charge in [-0.3, -0.25) is 0 Å². The van der Waals surface area contributed by atoms with Crippen molar-refractivity contribution in [3.63, 3.8) is 0 Å². The zero-order valence-electron chi connectivity index (χ0n) is 40.4. The van der Waals surface area contributed by atoms with Gasteiger partial charge in [-0.2, -0.15) is 0 Å². The summed E-state index contributed by atoms with van der Waals surface area (Å²) in [6, 6.07) is 45.8. The maximum Gasteiger partial charge on any atom is 0.462 e. The van der Waals surface area contributed by atoms with Crippen molar-refractivity contribution in [3.8, 4) is 44.9 Å². The second-order valence-corrected chi connectivity index (χ2v) is 22.1. The van der Waals surface area contributed by atoms with Gasteiger partial charge in [0.05, 0.1) is 5.30 Å². The van der Waals surface area contributed by atoms with Crippen LogP contribution in [0.4, 0.5) is 0 Å². The molecule has 6 bridgehead atoms. The number of aryl methyl sites for hydroxylation is 6. The van der Waals surface area contributed by atoms with Crippen LogP contribution >= 0.6 is 7.60 Å². The van der Waals surface area contributed by atoms with Gasteiger partial charge in [-0.05, 0) is 180 Å². The van der Waals surface area contributed by atoms with E-state index in [1.54, 1.807) is 0 Å². The van der Waals surface area contributed by atoms with E-state index in [4.69, 9.17) is 9.05 Å². The van der Waals surface area contributed by atoms with Crippen LogP contribution in [-0.4, -0.2) is 0 Å². The molecule has 6 aromatic rings. The standard InChI is InChI=1S/C63H75O3P/c64-67(60-41-35-54(36-42-60)63-45-30-51-24-18-12-6-3-9-15-21-27-57(63)48-51,65-58-37-31-52(32-38-58)61-43-28-49-22-16-10-4-1-7-13-19-25-55(61)46-49)66-59-39-33-53(34-40-59)62-44-29-50-23-17-11-5-2-8-14-20-26-56(62)47-50/h28-48H,1-27H2. The van der Waals surface area contributed by atoms with Gasteiger partial charge in [0.25, 0.3) is 0 Å². The molecule has 0 aliphatic heterocycles. The Kier molecular flexibility index (Phi) is 16.9. The van der Waals surface area contributed by atoms with Crippen LogP contribution in [0.1, 0.15) is 168 Å². The normalized spacial score (nSPS) is 17.2. The fraction of sp³-hybridized carbons (Fsp3) is 0.429. The van der Waals surface area contributed by atoms with Crippen molar-refractivity contribution in [2.75, 3.05) is 0 Å². The van der Waals surface area contributed by atoms with E-state index in [1.165, 1.54) is 185 Å². The van der Waals surface area contributed by atoms with Crippen LogP contribution in [-0.2, 0) is 43.1 Å². The van der Waals surface area contributed by atoms with E-state index in [-0.39, 0.29) is 0 Å². The summed E-state index contributed by atoms with van der Waals surface area (Å²) in [7, 11) is -3.93. The van der Waals surface area contributed by atoms with Crippen molar-refractivity contribution in [2.24, 2.45) is 0 Å². The molecule has 350 valence electrons. The van der Waals surface area contributed by atoms with Gasteiger partial charge < -0.3 is 9.05 Å². The van der Waals surface area contributed by atoms with Gasteiger partial charge in [0.15, 0.2) is 0 Å². The van der Waals surface area contributed by atoms with Crippen molar-refractivity contribution in [1.82, 2.24) is 0 Å². The van der Waals surface area contributed by atoms with Gasteiger partial charge in [-0.15, -0.1) is 0 Å². The lowest BCUT2D eigenvalue weighted by atomic mass is 9.91. The minimum Gasteiger partial charge on any atom is -0.413 e. The molecule has 3 aliphatic rings. The molecule has 0 amide bonds. The summed E-state index contributed by atoms with van der Waals surface area (Å²) < 4.78 is 28.8. The maximum atomic E-state index is 15.5. The Morgan fingerprint density at radius 3 is 0.866 bits per heavy atom. The maximum absolute atomic E-state index is 15.5. The summed E-state index contributed by atoms with van der Waals surface area (Å²) in [5, 5.41) is 0.543. The first-order valence-corrected chi connectivity index (χ1v) is 28.3. The van der Waals surface area contributed by atoms with Gasteiger partial charge >= 0.3 is 7.60 Å². The van der Waals surface area contributed by atoms with Crippen LogP contribution in [0.5, 0.6) is 11.5 Å². The molecule has 0 saturated carbocycles. The van der Waals surface area contributed by atoms with Gasteiger partial charge in [0.2, 0.25) is 0 Å². The second kappa shape index (κ2) is 23.9. The Morgan fingerprint density at radius 2 is 0.552 bits per heavy atom. The SMILES string of the molecule is O=P(Oc1ccc(-c2ccc3cc2CCCCCCCCC3)cc1)(Oc1ccc(-c2ccc3cc2CCCCCCCCC3)cc1)c1ccc(-c2ccc3cc2CCCCCCCCC3)cc1. The van der Waals surface area contributed by atoms with Crippen molar-refractivity contribution >= 4 is 12.9 Å². The van der Waals surface area contributed by atoms with Crippen molar-refractivity contribution in [2.45, 2.75) is 173 Å². The Bertz CT molecular complexity index is 2420. The average Bonchev–Trinajstić information content (AvgIpc) is 3.34. The molecule has 9 rings (SSSR count). The first-order chi connectivity index (χ1) is 33.1. The van der Waals surface area contributed by atoms with E-state index in [0.29, 0.717) is 16.8 Å². The van der Waals surface area contributed by atoms with E-state index in [2.05, 4.69) is 91.0 Å². The minimum atomic E-state index is -3.93. The number of hydrogen-bond acceptors (Lipinski definition) is 3. The third kappa shape index (κ3) is 13.0. The Labute approximate surface area is 403 Å². The fourth-order valence-corrected chi connectivity index (χ4v) is 12.6. The Balaban J connectivity index is 0.999. The highest BCUT2D eigenvalue weighted by Crippen LogP contribution is 2.49. The molecule has 3 nitrogen and oxygen atoms in total. The molecule has 67 heavy (non-hydrogen) atoms. The monoisotopic (exact) mass is 911 g/mol. The molecule has 0 aromatic heterocycles. The minimum absolute atomic E-state index is 0.531. The smallest absolute Gasteiger partial charge is 0.413 e. The lowest BCUT2D eigenvalue weighted by molar-refractivity contribution is 0.399. The molecular formula is C63H75O3P. The molecule has 0 heterocycles. The fourth-order valence-electron chi connectivity index (χ4n) is 11.1. The predicted molar refractivity (Wildman–Crippen MR) is 283 cm³/mol. The highest BCUT2D eigenvalue weighted by Gasteiger charge is 2.32. The first kappa shape index (κ1) is 47.2. The van der Waals surface area contributed by atoms with Gasteiger partial charge in [0, 0.05) is 0 Å². The van der Waals surface area contributed by atoms with E-state index < -0.39 is 7.60 Å². The largest absolute Gasteiger partial charge is 0.462 e. The summed E-state index contributed by atoms with van der Waals surface area (Å²) in [6.45, 7) is 0. The van der Waals surface area contributed by atoms with Gasteiger partial charge in [-0.25, -0.2) is 4.57 Å². The van der Waals surface area contributed by atoms with Crippen LogP contribution in [0.3, 0.4) is 0 Å². The average molecular weight is 911 g/mol.